The van der Waals surface area contributed by atoms with Crippen molar-refractivity contribution in [1.29, 1.82) is 5.26 Å². The van der Waals surface area contributed by atoms with Crippen LogP contribution in [0.15, 0.2) is 16.6 Å². The van der Waals surface area contributed by atoms with Gasteiger partial charge in [-0.3, -0.25) is 0 Å². The van der Waals surface area contributed by atoms with Crippen molar-refractivity contribution < 1.29 is 4.39 Å². The SMILES string of the molecule is N#Cc1c(F)cc(Br)cc1NC1CC1. The highest BCUT2D eigenvalue weighted by molar-refractivity contribution is 9.10. The molecule has 1 N–H and O–H groups in total. The molecule has 0 saturated heterocycles. The second-order valence-corrected chi connectivity index (χ2v) is 4.26. The molecule has 0 amide bonds. The Labute approximate surface area is 89.9 Å². The first-order chi connectivity index (χ1) is 6.70. The molecule has 0 heterocycles. The molecule has 0 radical (unpaired) electrons. The first-order valence-electron chi connectivity index (χ1n) is 4.36. The maximum atomic E-state index is 13.3. The van der Waals surface area contributed by atoms with E-state index in [0.29, 0.717) is 16.2 Å². The van der Waals surface area contributed by atoms with Gasteiger partial charge < -0.3 is 5.32 Å². The Balaban J connectivity index is 2.39. The summed E-state index contributed by atoms with van der Waals surface area (Å²) in [5, 5.41) is 11.9. The van der Waals surface area contributed by atoms with Crippen LogP contribution >= 0.6 is 15.9 Å². The van der Waals surface area contributed by atoms with Gasteiger partial charge in [-0.05, 0) is 25.0 Å². The summed E-state index contributed by atoms with van der Waals surface area (Å²) in [6.07, 6.45) is 2.19. The zero-order chi connectivity index (χ0) is 10.1. The third-order valence-electron chi connectivity index (χ3n) is 2.10. The third kappa shape index (κ3) is 1.88. The topological polar surface area (TPSA) is 35.8 Å². The molecular weight excluding hydrogens is 247 g/mol. The molecule has 1 aromatic carbocycles. The van der Waals surface area contributed by atoms with Crippen LogP contribution in [0.3, 0.4) is 0 Å². The van der Waals surface area contributed by atoms with Crippen LogP contribution in [-0.4, -0.2) is 6.04 Å². The first kappa shape index (κ1) is 9.47. The summed E-state index contributed by atoms with van der Waals surface area (Å²) >= 11 is 3.20. The minimum atomic E-state index is -0.481. The van der Waals surface area contributed by atoms with Crippen molar-refractivity contribution in [1.82, 2.24) is 0 Å². The van der Waals surface area contributed by atoms with Gasteiger partial charge >= 0.3 is 0 Å². The third-order valence-corrected chi connectivity index (χ3v) is 2.56. The smallest absolute Gasteiger partial charge is 0.144 e. The van der Waals surface area contributed by atoms with Gasteiger partial charge in [0, 0.05) is 10.5 Å². The predicted octanol–water partition coefficient (Wildman–Crippen LogP) is 3.03. The average Bonchev–Trinajstić information content (AvgIpc) is 2.87. The number of anilines is 1. The van der Waals surface area contributed by atoms with Crippen LogP contribution in [0.5, 0.6) is 0 Å². The number of nitrogens with zero attached hydrogens (tertiary/aromatic N) is 1. The maximum Gasteiger partial charge on any atom is 0.144 e. The molecular formula is C10H8BrFN2. The number of rotatable bonds is 2. The summed E-state index contributed by atoms with van der Waals surface area (Å²) in [5.74, 6) is -0.481. The number of benzene rings is 1. The second kappa shape index (κ2) is 3.58. The lowest BCUT2D eigenvalue weighted by atomic mass is 10.2. The fourth-order valence-electron chi connectivity index (χ4n) is 1.25. The van der Waals surface area contributed by atoms with E-state index in [9.17, 15) is 4.39 Å². The van der Waals surface area contributed by atoms with Gasteiger partial charge in [0.25, 0.3) is 0 Å². The Morgan fingerprint density at radius 3 is 2.79 bits per heavy atom. The molecule has 1 aliphatic rings. The highest BCUT2D eigenvalue weighted by Crippen LogP contribution is 2.30. The fraction of sp³-hybridized carbons (Fsp3) is 0.300. The van der Waals surface area contributed by atoms with E-state index in [1.165, 1.54) is 6.07 Å². The van der Waals surface area contributed by atoms with Crippen molar-refractivity contribution in [3.05, 3.63) is 28.0 Å². The molecule has 1 fully saturated rings. The number of nitrogens with one attached hydrogen (secondary N) is 1. The Morgan fingerprint density at radius 2 is 2.21 bits per heavy atom. The highest BCUT2D eigenvalue weighted by Gasteiger charge is 2.23. The molecule has 1 aromatic rings. The Kier molecular flexibility index (Phi) is 2.42. The van der Waals surface area contributed by atoms with E-state index in [4.69, 9.17) is 5.26 Å². The van der Waals surface area contributed by atoms with Gasteiger partial charge in [-0.1, -0.05) is 15.9 Å². The van der Waals surface area contributed by atoms with Crippen molar-refractivity contribution in [2.45, 2.75) is 18.9 Å². The van der Waals surface area contributed by atoms with Crippen LogP contribution in [0.1, 0.15) is 18.4 Å². The highest BCUT2D eigenvalue weighted by atomic mass is 79.9. The number of hydrogen-bond donors (Lipinski definition) is 1. The van der Waals surface area contributed by atoms with E-state index in [-0.39, 0.29) is 5.56 Å². The van der Waals surface area contributed by atoms with Crippen LogP contribution in [0.4, 0.5) is 10.1 Å². The van der Waals surface area contributed by atoms with Gasteiger partial charge in [0.05, 0.1) is 5.69 Å². The van der Waals surface area contributed by atoms with Crippen LogP contribution in [0.25, 0.3) is 0 Å². The minimum absolute atomic E-state index is 0.0973. The molecule has 1 saturated carbocycles. The fourth-order valence-corrected chi connectivity index (χ4v) is 1.68. The summed E-state index contributed by atoms with van der Waals surface area (Å²) in [6, 6.07) is 5.32. The molecule has 0 atom stereocenters. The van der Waals surface area contributed by atoms with Crippen molar-refractivity contribution in [3.8, 4) is 6.07 Å². The molecule has 0 aromatic heterocycles. The monoisotopic (exact) mass is 254 g/mol. The Morgan fingerprint density at radius 1 is 1.50 bits per heavy atom. The minimum Gasteiger partial charge on any atom is -0.381 e. The number of hydrogen-bond acceptors (Lipinski definition) is 2. The Bertz CT molecular complexity index is 407. The number of halogens is 2. The van der Waals surface area contributed by atoms with Gasteiger partial charge in [0.2, 0.25) is 0 Å². The summed E-state index contributed by atoms with van der Waals surface area (Å²) in [6.45, 7) is 0. The van der Waals surface area contributed by atoms with Gasteiger partial charge in [0.15, 0.2) is 0 Å². The van der Waals surface area contributed by atoms with Gasteiger partial charge in [-0.2, -0.15) is 5.26 Å². The van der Waals surface area contributed by atoms with E-state index >= 15 is 0 Å². The second-order valence-electron chi connectivity index (χ2n) is 3.34. The van der Waals surface area contributed by atoms with Crippen molar-refractivity contribution in [2.75, 3.05) is 5.32 Å². The van der Waals surface area contributed by atoms with E-state index in [0.717, 1.165) is 12.8 Å². The molecule has 4 heteroatoms. The molecule has 0 spiro atoms. The van der Waals surface area contributed by atoms with Crippen LogP contribution < -0.4 is 5.32 Å². The molecule has 0 aliphatic heterocycles. The Hall–Kier alpha value is -1.08. The lowest BCUT2D eigenvalue weighted by Gasteiger charge is -2.07. The quantitative estimate of drug-likeness (QED) is 0.881. The van der Waals surface area contributed by atoms with E-state index < -0.39 is 5.82 Å². The van der Waals surface area contributed by atoms with Crippen LogP contribution in [-0.2, 0) is 0 Å². The summed E-state index contributed by atoms with van der Waals surface area (Å²) in [7, 11) is 0. The lowest BCUT2D eigenvalue weighted by Crippen LogP contribution is -2.04. The van der Waals surface area contributed by atoms with Gasteiger partial charge in [-0.25, -0.2) is 4.39 Å². The van der Waals surface area contributed by atoms with Crippen molar-refractivity contribution >= 4 is 21.6 Å². The van der Waals surface area contributed by atoms with Crippen molar-refractivity contribution in [3.63, 3.8) is 0 Å². The summed E-state index contributed by atoms with van der Waals surface area (Å²) in [5.41, 5.74) is 0.682. The molecule has 2 rings (SSSR count). The molecule has 14 heavy (non-hydrogen) atoms. The molecule has 2 nitrogen and oxygen atoms in total. The van der Waals surface area contributed by atoms with Crippen LogP contribution in [0, 0.1) is 17.1 Å². The molecule has 72 valence electrons. The van der Waals surface area contributed by atoms with E-state index in [2.05, 4.69) is 21.2 Å². The van der Waals surface area contributed by atoms with Gasteiger partial charge in [0.1, 0.15) is 17.4 Å². The zero-order valence-electron chi connectivity index (χ0n) is 7.35. The molecule has 1 aliphatic carbocycles. The normalized spacial score (nSPS) is 14.9. The van der Waals surface area contributed by atoms with Gasteiger partial charge in [-0.15, -0.1) is 0 Å². The van der Waals surface area contributed by atoms with Crippen LogP contribution in [0.2, 0.25) is 0 Å². The zero-order valence-corrected chi connectivity index (χ0v) is 8.94. The van der Waals surface area contributed by atoms with E-state index in [1.54, 1.807) is 6.07 Å². The molecule has 0 unspecified atom stereocenters. The van der Waals surface area contributed by atoms with Crippen molar-refractivity contribution in [2.24, 2.45) is 0 Å². The summed E-state index contributed by atoms with van der Waals surface area (Å²) in [4.78, 5) is 0. The predicted molar refractivity (Wildman–Crippen MR) is 55.5 cm³/mol. The first-order valence-corrected chi connectivity index (χ1v) is 5.15. The maximum absolute atomic E-state index is 13.3. The number of nitriles is 1. The standard InChI is InChI=1S/C10H8BrFN2/c11-6-3-9(12)8(5-13)10(4-6)14-7-1-2-7/h3-4,7,14H,1-2H2. The molecule has 0 bridgehead atoms. The lowest BCUT2D eigenvalue weighted by molar-refractivity contribution is 0.623. The largest absolute Gasteiger partial charge is 0.381 e. The van der Waals surface area contributed by atoms with E-state index in [1.807, 2.05) is 6.07 Å². The average molecular weight is 255 g/mol. The summed E-state index contributed by atoms with van der Waals surface area (Å²) < 4.78 is 13.9.